The molecule has 0 aliphatic heterocycles. The summed E-state index contributed by atoms with van der Waals surface area (Å²) in [7, 11) is 7.30. The third-order valence-corrected chi connectivity index (χ3v) is 3.91. The number of Topliss-reactive ketones (excluding diaryl/α,β-unsaturated/α-hetero) is 1. The molecule has 2 aromatic rings. The summed E-state index contributed by atoms with van der Waals surface area (Å²) >= 11 is 0. The Morgan fingerprint density at radius 2 is 1.21 bits per heavy atom. The van der Waals surface area contributed by atoms with E-state index in [9.17, 15) is 9.59 Å². The first-order valence-corrected chi connectivity index (χ1v) is 8.20. The summed E-state index contributed by atoms with van der Waals surface area (Å²) in [5, 5.41) is 0. The summed E-state index contributed by atoms with van der Waals surface area (Å²) in [6.45, 7) is -0.461. The number of esters is 1. The van der Waals surface area contributed by atoms with Gasteiger partial charge in [-0.3, -0.25) is 4.79 Å². The molecule has 0 N–H and O–H groups in total. The van der Waals surface area contributed by atoms with Gasteiger partial charge in [-0.05, 0) is 24.3 Å². The highest BCUT2D eigenvalue weighted by molar-refractivity contribution is 6.00. The van der Waals surface area contributed by atoms with Gasteiger partial charge in [-0.1, -0.05) is 0 Å². The Morgan fingerprint density at radius 1 is 0.679 bits per heavy atom. The first-order chi connectivity index (χ1) is 13.5. The minimum absolute atomic E-state index is 0.203. The highest BCUT2D eigenvalue weighted by atomic mass is 16.5. The van der Waals surface area contributed by atoms with Crippen molar-refractivity contribution in [1.29, 1.82) is 0 Å². The zero-order valence-electron chi connectivity index (χ0n) is 16.4. The smallest absolute Gasteiger partial charge is 0.338 e. The predicted octanol–water partition coefficient (Wildman–Crippen LogP) is 2.77. The molecule has 0 spiro atoms. The largest absolute Gasteiger partial charge is 0.497 e. The Labute approximate surface area is 162 Å². The van der Waals surface area contributed by atoms with Crippen molar-refractivity contribution < 1.29 is 38.0 Å². The first kappa shape index (κ1) is 20.9. The number of carbonyl (C=O) groups excluding carboxylic acids is 2. The monoisotopic (exact) mass is 390 g/mol. The third-order valence-electron chi connectivity index (χ3n) is 3.91. The minimum Gasteiger partial charge on any atom is -0.497 e. The lowest BCUT2D eigenvalue weighted by atomic mass is 10.1. The summed E-state index contributed by atoms with van der Waals surface area (Å²) in [6.07, 6.45) is 0. The van der Waals surface area contributed by atoms with Crippen molar-refractivity contribution in [2.45, 2.75) is 0 Å². The molecule has 0 radical (unpaired) electrons. The van der Waals surface area contributed by atoms with Crippen LogP contribution >= 0.6 is 0 Å². The van der Waals surface area contributed by atoms with E-state index in [4.69, 9.17) is 28.4 Å². The van der Waals surface area contributed by atoms with E-state index in [2.05, 4.69) is 0 Å². The lowest BCUT2D eigenvalue weighted by molar-refractivity contribution is 0.0474. The zero-order valence-corrected chi connectivity index (χ0v) is 16.4. The van der Waals surface area contributed by atoms with Gasteiger partial charge in [-0.25, -0.2) is 4.79 Å². The molecule has 150 valence electrons. The number of ketones is 1. The SMILES string of the molecule is COc1cc(OC)cc(C(=O)OCC(=O)c2cc(OC)c(OC)c(OC)c2)c1. The summed E-state index contributed by atoms with van der Waals surface area (Å²) < 4.78 is 31.0. The number of benzene rings is 2. The van der Waals surface area contributed by atoms with Crippen LogP contribution in [0, 0.1) is 0 Å². The van der Waals surface area contributed by atoms with Gasteiger partial charge in [0, 0.05) is 11.6 Å². The van der Waals surface area contributed by atoms with E-state index in [1.165, 1.54) is 59.8 Å². The molecule has 8 heteroatoms. The van der Waals surface area contributed by atoms with Gasteiger partial charge >= 0.3 is 5.97 Å². The fourth-order valence-electron chi connectivity index (χ4n) is 2.47. The number of hydrogen-bond acceptors (Lipinski definition) is 8. The van der Waals surface area contributed by atoms with Crippen molar-refractivity contribution in [2.75, 3.05) is 42.2 Å². The molecular formula is C20H22O8. The highest BCUT2D eigenvalue weighted by Gasteiger charge is 2.19. The Kier molecular flexibility index (Phi) is 7.08. The molecule has 0 aromatic heterocycles. The van der Waals surface area contributed by atoms with Crippen molar-refractivity contribution in [1.82, 2.24) is 0 Å². The number of hydrogen-bond donors (Lipinski definition) is 0. The molecule has 0 unspecified atom stereocenters. The van der Waals surface area contributed by atoms with Gasteiger partial charge in [-0.2, -0.15) is 0 Å². The van der Waals surface area contributed by atoms with E-state index in [1.54, 1.807) is 6.07 Å². The standard InChI is InChI=1S/C20H22O8/c1-23-14-6-13(7-15(10-14)24-2)20(22)28-11-16(21)12-8-17(25-3)19(27-5)18(9-12)26-4/h6-10H,11H2,1-5H3. The van der Waals surface area contributed by atoms with Gasteiger partial charge < -0.3 is 28.4 Å². The molecule has 0 bridgehead atoms. The number of methoxy groups -OCH3 is 5. The summed E-state index contributed by atoms with van der Waals surface area (Å²) in [4.78, 5) is 24.8. The van der Waals surface area contributed by atoms with Crippen LogP contribution in [0.25, 0.3) is 0 Å². The minimum atomic E-state index is -0.682. The van der Waals surface area contributed by atoms with Gasteiger partial charge in [0.25, 0.3) is 0 Å². The Bertz CT molecular complexity index is 812. The Balaban J connectivity index is 2.17. The fourth-order valence-corrected chi connectivity index (χ4v) is 2.47. The van der Waals surface area contributed by atoms with Crippen LogP contribution in [0.1, 0.15) is 20.7 Å². The normalized spacial score (nSPS) is 10.0. The van der Waals surface area contributed by atoms with Crippen LogP contribution in [-0.2, 0) is 4.74 Å². The molecule has 0 saturated heterocycles. The second-order valence-corrected chi connectivity index (χ2v) is 5.51. The number of carbonyl (C=O) groups is 2. The second kappa shape index (κ2) is 9.50. The van der Waals surface area contributed by atoms with E-state index < -0.39 is 18.4 Å². The van der Waals surface area contributed by atoms with E-state index in [-0.39, 0.29) is 11.1 Å². The molecular weight excluding hydrogens is 368 g/mol. The van der Waals surface area contributed by atoms with Crippen molar-refractivity contribution >= 4 is 11.8 Å². The van der Waals surface area contributed by atoms with E-state index in [0.717, 1.165) is 0 Å². The first-order valence-electron chi connectivity index (χ1n) is 8.20. The van der Waals surface area contributed by atoms with Gasteiger partial charge in [0.15, 0.2) is 18.1 Å². The summed E-state index contributed by atoms with van der Waals surface area (Å²) in [6, 6.07) is 7.60. The van der Waals surface area contributed by atoms with Gasteiger partial charge in [-0.15, -0.1) is 0 Å². The van der Waals surface area contributed by atoms with Crippen LogP contribution in [0.5, 0.6) is 28.7 Å². The molecule has 0 heterocycles. The highest BCUT2D eigenvalue weighted by Crippen LogP contribution is 2.38. The quantitative estimate of drug-likeness (QED) is 0.477. The van der Waals surface area contributed by atoms with Crippen LogP contribution in [0.2, 0.25) is 0 Å². The van der Waals surface area contributed by atoms with Crippen molar-refractivity contribution in [3.63, 3.8) is 0 Å². The van der Waals surface area contributed by atoms with Crippen LogP contribution in [-0.4, -0.2) is 53.9 Å². The lowest BCUT2D eigenvalue weighted by Gasteiger charge is -2.14. The maximum atomic E-state index is 12.5. The van der Waals surface area contributed by atoms with Gasteiger partial charge in [0.05, 0.1) is 41.1 Å². The fraction of sp³-hybridized carbons (Fsp3) is 0.300. The maximum Gasteiger partial charge on any atom is 0.338 e. The third kappa shape index (κ3) is 4.64. The average Bonchev–Trinajstić information content (AvgIpc) is 2.75. The molecule has 28 heavy (non-hydrogen) atoms. The van der Waals surface area contributed by atoms with Crippen molar-refractivity contribution in [3.8, 4) is 28.7 Å². The summed E-state index contributed by atoms with van der Waals surface area (Å²) in [5.41, 5.74) is 0.458. The van der Waals surface area contributed by atoms with Gasteiger partial charge in [0.1, 0.15) is 11.5 Å². The number of rotatable bonds is 9. The Morgan fingerprint density at radius 3 is 1.64 bits per heavy atom. The molecule has 0 fully saturated rings. The predicted molar refractivity (Wildman–Crippen MR) is 100 cm³/mol. The lowest BCUT2D eigenvalue weighted by Crippen LogP contribution is -2.15. The van der Waals surface area contributed by atoms with Crippen LogP contribution in [0.15, 0.2) is 30.3 Å². The van der Waals surface area contributed by atoms with Crippen molar-refractivity contribution in [3.05, 3.63) is 41.5 Å². The summed E-state index contributed by atoms with van der Waals surface area (Å²) in [5.74, 6) is 0.773. The number of ether oxygens (including phenoxy) is 6. The second-order valence-electron chi connectivity index (χ2n) is 5.51. The van der Waals surface area contributed by atoms with Crippen LogP contribution < -0.4 is 23.7 Å². The van der Waals surface area contributed by atoms with E-state index in [0.29, 0.717) is 28.7 Å². The van der Waals surface area contributed by atoms with Crippen LogP contribution in [0.4, 0.5) is 0 Å². The topological polar surface area (TPSA) is 89.5 Å². The average molecular weight is 390 g/mol. The molecule has 0 atom stereocenters. The molecule has 0 amide bonds. The Hall–Kier alpha value is -3.42. The van der Waals surface area contributed by atoms with E-state index >= 15 is 0 Å². The van der Waals surface area contributed by atoms with Crippen molar-refractivity contribution in [2.24, 2.45) is 0 Å². The van der Waals surface area contributed by atoms with Gasteiger partial charge in [0.2, 0.25) is 11.5 Å². The van der Waals surface area contributed by atoms with E-state index in [1.807, 2.05) is 0 Å². The molecule has 8 nitrogen and oxygen atoms in total. The molecule has 2 rings (SSSR count). The zero-order chi connectivity index (χ0) is 20.7. The molecule has 0 aliphatic rings. The van der Waals surface area contributed by atoms with Crippen LogP contribution in [0.3, 0.4) is 0 Å². The molecule has 0 saturated carbocycles. The maximum absolute atomic E-state index is 12.5. The molecule has 2 aromatic carbocycles. The molecule has 0 aliphatic carbocycles.